The van der Waals surface area contributed by atoms with E-state index in [4.69, 9.17) is 16.5 Å². The van der Waals surface area contributed by atoms with Crippen molar-refractivity contribution in [3.63, 3.8) is 0 Å². The average Bonchev–Trinajstić information content (AvgIpc) is 3.06. The van der Waals surface area contributed by atoms with Gasteiger partial charge in [0.2, 0.25) is 5.69 Å². The van der Waals surface area contributed by atoms with Gasteiger partial charge in [-0.25, -0.2) is 9.41 Å². The number of rotatable bonds is 2. The molecule has 0 saturated heterocycles. The molecule has 0 saturated carbocycles. The van der Waals surface area contributed by atoms with Gasteiger partial charge in [0, 0.05) is 23.7 Å². The Kier molecular flexibility index (Phi) is 3.03. The van der Waals surface area contributed by atoms with Crippen LogP contribution in [0.5, 0.6) is 0 Å². The Morgan fingerprint density at radius 2 is 1.96 bits per heavy atom. The summed E-state index contributed by atoms with van der Waals surface area (Å²) in [6.45, 7) is 14.5. The van der Waals surface area contributed by atoms with Gasteiger partial charge >= 0.3 is 0 Å². The molecule has 0 fully saturated rings. The van der Waals surface area contributed by atoms with Crippen LogP contribution >= 0.6 is 0 Å². The van der Waals surface area contributed by atoms with Gasteiger partial charge in [-0.3, -0.25) is 0 Å². The summed E-state index contributed by atoms with van der Waals surface area (Å²) in [5.41, 5.74) is 4.83. The van der Waals surface area contributed by atoms with Crippen molar-refractivity contribution in [3.8, 4) is 11.3 Å². The lowest BCUT2D eigenvalue weighted by Gasteiger charge is -2.10. The molecule has 0 spiro atoms. The Balaban J connectivity index is 2.19. The number of pyridine rings is 1. The molecule has 0 aliphatic heterocycles. The molecule has 4 aromatic rings. The first-order chi connectivity index (χ1) is 14.5. The van der Waals surface area contributed by atoms with Crippen LogP contribution in [0.2, 0.25) is 0 Å². The van der Waals surface area contributed by atoms with Crippen molar-refractivity contribution in [2.75, 3.05) is 0 Å². The molecule has 0 amide bonds. The van der Waals surface area contributed by atoms with Crippen LogP contribution < -0.4 is 4.57 Å². The van der Waals surface area contributed by atoms with Crippen LogP contribution in [0.3, 0.4) is 0 Å². The molecule has 2 aromatic heterocycles. The molecule has 3 heteroatoms. The molecule has 0 unspecified atom stereocenters. The second kappa shape index (κ2) is 6.25. The summed E-state index contributed by atoms with van der Waals surface area (Å²) in [4.78, 5) is 3.48. The lowest BCUT2D eigenvalue weighted by Crippen LogP contribution is -2.31. The van der Waals surface area contributed by atoms with Gasteiger partial charge in [-0.15, -0.1) is 0 Å². The number of furan rings is 1. The summed E-state index contributed by atoms with van der Waals surface area (Å²) in [5.74, 6) is -1.17. The first-order valence-corrected chi connectivity index (χ1v) is 8.82. The normalized spacial score (nSPS) is 13.9. The Labute approximate surface area is 165 Å². The second-order valence-electron chi connectivity index (χ2n) is 7.13. The zero-order valence-electron chi connectivity index (χ0n) is 20.1. The molecule has 27 heavy (non-hydrogen) atoms. The van der Waals surface area contributed by atoms with E-state index in [0.29, 0.717) is 28.1 Å². The number of fused-ring (bicyclic) bond motifs is 3. The number of nitrogens with zero attached hydrogens (tertiary/aromatic N) is 2. The van der Waals surface area contributed by atoms with E-state index < -0.39 is 5.89 Å². The first-order valence-electron chi connectivity index (χ1n) is 10.8. The fraction of sp³-hybridized carbons (Fsp3) is 0.250. The molecule has 2 aromatic carbocycles. The van der Waals surface area contributed by atoms with E-state index in [1.165, 1.54) is 0 Å². The molecule has 3 nitrogen and oxygen atoms in total. The fourth-order valence-corrected chi connectivity index (χ4v) is 3.59. The highest BCUT2D eigenvalue weighted by Gasteiger charge is 2.22. The van der Waals surface area contributed by atoms with Gasteiger partial charge in [0.1, 0.15) is 19.6 Å². The van der Waals surface area contributed by atoms with E-state index >= 15 is 0 Å². The third-order valence-corrected chi connectivity index (χ3v) is 4.91. The van der Waals surface area contributed by atoms with Crippen LogP contribution in [-0.4, -0.2) is 0 Å². The Bertz CT molecular complexity index is 1410. The Morgan fingerprint density at radius 3 is 2.67 bits per heavy atom. The van der Waals surface area contributed by atoms with Gasteiger partial charge in [-0.1, -0.05) is 32.0 Å². The lowest BCUT2D eigenvalue weighted by atomic mass is 9.96. The molecule has 4 rings (SSSR count). The van der Waals surface area contributed by atoms with Gasteiger partial charge < -0.3 is 4.42 Å². The predicted octanol–water partition coefficient (Wildman–Crippen LogP) is 6.37. The topological polar surface area (TPSA) is 21.4 Å². The lowest BCUT2D eigenvalue weighted by molar-refractivity contribution is -0.660. The van der Waals surface area contributed by atoms with Crippen LogP contribution in [0.25, 0.3) is 38.0 Å². The average molecular weight is 359 g/mol. The minimum Gasteiger partial charge on any atom is -0.456 e. The maximum Gasteiger partial charge on any atom is 0.216 e. The van der Waals surface area contributed by atoms with Crippen LogP contribution in [0.4, 0.5) is 5.69 Å². The molecular weight excluding hydrogens is 332 g/mol. The van der Waals surface area contributed by atoms with E-state index in [1.54, 1.807) is 37.6 Å². The van der Waals surface area contributed by atoms with Gasteiger partial charge in [-0.05, 0) is 43.0 Å². The summed E-state index contributed by atoms with van der Waals surface area (Å²) in [6, 6.07) is 7.21. The fourth-order valence-electron chi connectivity index (χ4n) is 3.59. The standard InChI is InChI=1S/C24H23N2O/c1-14(2)17-7-10-20(26(6)13-17)23-16(4)11-15(3)22-19-9-8-18(25-5)12-21(19)27-24(22)23/h7-14H,1-4,6H3/q+1/i7D,10D,13D,14D. The molecule has 2 heterocycles. The highest BCUT2D eigenvalue weighted by Crippen LogP contribution is 2.40. The molecular formula is C24H23N2O+. The molecule has 0 radical (unpaired) electrons. The van der Waals surface area contributed by atoms with Crippen molar-refractivity contribution in [1.82, 2.24) is 0 Å². The third-order valence-electron chi connectivity index (χ3n) is 4.91. The van der Waals surface area contributed by atoms with Crippen LogP contribution in [-0.2, 0) is 7.05 Å². The maximum atomic E-state index is 8.76. The number of benzene rings is 2. The summed E-state index contributed by atoms with van der Waals surface area (Å²) < 4.78 is 42.1. The quantitative estimate of drug-likeness (QED) is 0.301. The van der Waals surface area contributed by atoms with Gasteiger partial charge in [-0.2, -0.15) is 0 Å². The maximum absolute atomic E-state index is 8.76. The summed E-state index contributed by atoms with van der Waals surface area (Å²) >= 11 is 0. The Hall–Kier alpha value is -3.12. The van der Waals surface area contributed by atoms with Crippen molar-refractivity contribution in [2.45, 2.75) is 33.6 Å². The van der Waals surface area contributed by atoms with Crippen molar-refractivity contribution in [2.24, 2.45) is 7.05 Å². The van der Waals surface area contributed by atoms with E-state index in [1.807, 2.05) is 26.0 Å². The second-order valence-corrected chi connectivity index (χ2v) is 7.13. The molecule has 0 atom stereocenters. The Morgan fingerprint density at radius 1 is 1.19 bits per heavy atom. The molecule has 0 aliphatic rings. The predicted molar refractivity (Wildman–Crippen MR) is 110 cm³/mol. The molecule has 0 aliphatic carbocycles. The van der Waals surface area contributed by atoms with Crippen molar-refractivity contribution in [3.05, 3.63) is 70.6 Å². The molecule has 0 bridgehead atoms. The number of aromatic nitrogens is 1. The first kappa shape index (κ1) is 13.1. The van der Waals surface area contributed by atoms with E-state index in [-0.39, 0.29) is 23.8 Å². The van der Waals surface area contributed by atoms with Crippen molar-refractivity contribution >= 4 is 27.6 Å². The van der Waals surface area contributed by atoms with E-state index in [2.05, 4.69) is 4.85 Å². The van der Waals surface area contributed by atoms with Crippen LogP contribution in [0.15, 0.2) is 46.9 Å². The van der Waals surface area contributed by atoms with Crippen LogP contribution in [0.1, 0.15) is 41.9 Å². The zero-order chi connectivity index (χ0) is 22.8. The summed E-state index contributed by atoms with van der Waals surface area (Å²) in [5, 5.41) is 1.78. The monoisotopic (exact) mass is 359 g/mol. The zero-order valence-corrected chi connectivity index (χ0v) is 16.1. The number of hydrogen-bond acceptors (Lipinski definition) is 1. The summed E-state index contributed by atoms with van der Waals surface area (Å²) in [7, 11) is 1.69. The smallest absolute Gasteiger partial charge is 0.216 e. The SMILES string of the molecule is [2H]c1c([2H])c(-c2c(C)cc(C)c3c2oc2cc([N+]#[C-])ccc23)[n+](C)c([2H])c1C([2H])(C)C. The van der Waals surface area contributed by atoms with Gasteiger partial charge in [0.25, 0.3) is 0 Å². The third kappa shape index (κ3) is 2.69. The summed E-state index contributed by atoms with van der Waals surface area (Å²) in [6.07, 6.45) is 0.0375. The largest absolute Gasteiger partial charge is 0.456 e. The van der Waals surface area contributed by atoms with Crippen molar-refractivity contribution in [1.29, 1.82) is 0 Å². The minimum absolute atomic E-state index is 0.0375. The van der Waals surface area contributed by atoms with Gasteiger partial charge in [0.05, 0.1) is 14.9 Å². The number of hydrogen-bond donors (Lipinski definition) is 0. The number of aryl methyl sites for hydroxylation is 2. The van der Waals surface area contributed by atoms with Gasteiger partial charge in [0.15, 0.2) is 11.9 Å². The highest BCUT2D eigenvalue weighted by molar-refractivity contribution is 6.12. The molecule has 0 N–H and O–H groups in total. The highest BCUT2D eigenvalue weighted by atomic mass is 16.3. The van der Waals surface area contributed by atoms with E-state index in [0.717, 1.165) is 21.9 Å². The van der Waals surface area contributed by atoms with Crippen molar-refractivity contribution < 1.29 is 14.5 Å². The van der Waals surface area contributed by atoms with Crippen LogP contribution in [0, 0.1) is 20.4 Å². The van der Waals surface area contributed by atoms with E-state index in [9.17, 15) is 0 Å². The molecule has 134 valence electrons. The minimum atomic E-state index is -1.17.